The normalized spacial score (nSPS) is 19.2. The van der Waals surface area contributed by atoms with E-state index in [0.717, 1.165) is 23.4 Å². The van der Waals surface area contributed by atoms with Crippen molar-refractivity contribution in [2.24, 2.45) is 0 Å². The number of carbonyl (C=O) groups is 1. The maximum absolute atomic E-state index is 11.4. The molecule has 0 amide bonds. The first kappa shape index (κ1) is 11.9. The van der Waals surface area contributed by atoms with Gasteiger partial charge >= 0.3 is 5.97 Å². The standard InChI is InChI=1S/C13H17NO3/c1-9-4-3-5-10(8-14-2)12(9)17-11-6-7-16-13(11)15/h3-5,11,14H,6-8H2,1-2H3. The first-order valence-corrected chi connectivity index (χ1v) is 5.78. The number of carbonyl (C=O) groups excluding carboxylic acids is 1. The molecule has 17 heavy (non-hydrogen) atoms. The molecule has 1 aliphatic heterocycles. The summed E-state index contributed by atoms with van der Waals surface area (Å²) in [6.45, 7) is 3.16. The van der Waals surface area contributed by atoms with Crippen LogP contribution in [0.25, 0.3) is 0 Å². The van der Waals surface area contributed by atoms with Crippen molar-refractivity contribution in [2.45, 2.75) is 26.0 Å². The lowest BCUT2D eigenvalue weighted by atomic mass is 10.1. The highest BCUT2D eigenvalue weighted by molar-refractivity contribution is 5.77. The number of esters is 1. The van der Waals surface area contributed by atoms with E-state index in [0.29, 0.717) is 13.0 Å². The molecule has 1 unspecified atom stereocenters. The average Bonchev–Trinajstić information content (AvgIpc) is 2.70. The summed E-state index contributed by atoms with van der Waals surface area (Å²) in [5, 5.41) is 3.09. The quantitative estimate of drug-likeness (QED) is 0.802. The highest BCUT2D eigenvalue weighted by atomic mass is 16.6. The monoisotopic (exact) mass is 235 g/mol. The minimum absolute atomic E-state index is 0.260. The molecule has 0 saturated carbocycles. The van der Waals surface area contributed by atoms with Gasteiger partial charge in [0.05, 0.1) is 6.61 Å². The molecular weight excluding hydrogens is 218 g/mol. The van der Waals surface area contributed by atoms with Crippen LogP contribution in [-0.2, 0) is 16.1 Å². The molecule has 4 heteroatoms. The highest BCUT2D eigenvalue weighted by Crippen LogP contribution is 2.26. The van der Waals surface area contributed by atoms with Gasteiger partial charge in [-0.2, -0.15) is 0 Å². The topological polar surface area (TPSA) is 47.6 Å². The fraction of sp³-hybridized carbons (Fsp3) is 0.462. The maximum atomic E-state index is 11.4. The van der Waals surface area contributed by atoms with E-state index in [-0.39, 0.29) is 5.97 Å². The van der Waals surface area contributed by atoms with Crippen LogP contribution < -0.4 is 10.1 Å². The largest absolute Gasteiger partial charge is 0.478 e. The molecule has 0 aromatic heterocycles. The molecular formula is C13H17NO3. The van der Waals surface area contributed by atoms with Gasteiger partial charge in [-0.25, -0.2) is 4.79 Å². The lowest BCUT2D eigenvalue weighted by Gasteiger charge is -2.16. The molecule has 2 rings (SSSR count). The summed E-state index contributed by atoms with van der Waals surface area (Å²) in [4.78, 5) is 11.4. The molecule has 1 aromatic rings. The summed E-state index contributed by atoms with van der Waals surface area (Å²) in [6.07, 6.45) is 0.179. The summed E-state index contributed by atoms with van der Waals surface area (Å²) in [5.74, 6) is 0.536. The van der Waals surface area contributed by atoms with Crippen LogP contribution in [0.4, 0.5) is 0 Å². The number of ether oxygens (including phenoxy) is 2. The van der Waals surface area contributed by atoms with Crippen molar-refractivity contribution in [1.29, 1.82) is 0 Å². The number of nitrogens with one attached hydrogen (secondary N) is 1. The Hall–Kier alpha value is -1.55. The zero-order chi connectivity index (χ0) is 12.3. The van der Waals surface area contributed by atoms with Crippen LogP contribution in [0, 0.1) is 6.92 Å². The first-order chi connectivity index (χ1) is 8.22. The van der Waals surface area contributed by atoms with Gasteiger partial charge in [-0.05, 0) is 19.5 Å². The molecule has 1 saturated heterocycles. The van der Waals surface area contributed by atoms with Gasteiger partial charge in [-0.15, -0.1) is 0 Å². The molecule has 4 nitrogen and oxygen atoms in total. The number of hydrogen-bond donors (Lipinski definition) is 1. The average molecular weight is 235 g/mol. The van der Waals surface area contributed by atoms with Crippen molar-refractivity contribution >= 4 is 5.97 Å². The Balaban J connectivity index is 2.21. The van der Waals surface area contributed by atoms with E-state index >= 15 is 0 Å². The van der Waals surface area contributed by atoms with Gasteiger partial charge in [-0.1, -0.05) is 18.2 Å². The van der Waals surface area contributed by atoms with Crippen LogP contribution in [-0.4, -0.2) is 25.7 Å². The summed E-state index contributed by atoms with van der Waals surface area (Å²) in [6, 6.07) is 5.97. The first-order valence-electron chi connectivity index (χ1n) is 5.78. The van der Waals surface area contributed by atoms with Gasteiger partial charge in [0.15, 0.2) is 6.10 Å². The zero-order valence-electron chi connectivity index (χ0n) is 10.2. The van der Waals surface area contributed by atoms with Gasteiger partial charge in [0, 0.05) is 18.5 Å². The number of benzene rings is 1. The molecule has 0 radical (unpaired) electrons. The molecule has 1 atom stereocenters. The second-order valence-electron chi connectivity index (χ2n) is 4.16. The van der Waals surface area contributed by atoms with Crippen molar-refractivity contribution in [1.82, 2.24) is 5.32 Å². The van der Waals surface area contributed by atoms with Crippen LogP contribution in [0.3, 0.4) is 0 Å². The van der Waals surface area contributed by atoms with Crippen LogP contribution in [0.1, 0.15) is 17.5 Å². The molecule has 0 bridgehead atoms. The minimum atomic E-state index is -0.452. The summed E-state index contributed by atoms with van der Waals surface area (Å²) >= 11 is 0. The Labute approximate surface area is 101 Å². The van der Waals surface area contributed by atoms with Gasteiger partial charge in [0.1, 0.15) is 5.75 Å². The Morgan fingerprint density at radius 3 is 3.00 bits per heavy atom. The second kappa shape index (κ2) is 5.19. The Kier molecular flexibility index (Phi) is 3.64. The molecule has 1 aliphatic rings. The predicted molar refractivity (Wildman–Crippen MR) is 63.9 cm³/mol. The number of rotatable bonds is 4. The Morgan fingerprint density at radius 1 is 1.53 bits per heavy atom. The third-order valence-electron chi connectivity index (χ3n) is 2.81. The third kappa shape index (κ3) is 2.58. The van der Waals surface area contributed by atoms with Gasteiger partial charge < -0.3 is 14.8 Å². The predicted octanol–water partition coefficient (Wildman–Crippen LogP) is 1.41. The molecule has 0 aliphatic carbocycles. The fourth-order valence-electron chi connectivity index (χ4n) is 1.94. The van der Waals surface area contributed by atoms with Crippen molar-refractivity contribution < 1.29 is 14.3 Å². The fourth-order valence-corrected chi connectivity index (χ4v) is 1.94. The van der Waals surface area contributed by atoms with Crippen molar-refractivity contribution in [3.8, 4) is 5.75 Å². The van der Waals surface area contributed by atoms with E-state index in [1.54, 1.807) is 0 Å². The molecule has 0 spiro atoms. The van der Waals surface area contributed by atoms with Crippen molar-refractivity contribution in [3.05, 3.63) is 29.3 Å². The zero-order valence-corrected chi connectivity index (χ0v) is 10.2. The summed E-state index contributed by atoms with van der Waals surface area (Å²) < 4.78 is 10.7. The van der Waals surface area contributed by atoms with Crippen LogP contribution in [0.15, 0.2) is 18.2 Å². The lowest BCUT2D eigenvalue weighted by molar-refractivity contribution is -0.143. The summed E-state index contributed by atoms with van der Waals surface area (Å²) in [5.41, 5.74) is 2.10. The van der Waals surface area contributed by atoms with Crippen LogP contribution in [0.2, 0.25) is 0 Å². The Morgan fingerprint density at radius 2 is 2.35 bits per heavy atom. The number of para-hydroxylation sites is 1. The second-order valence-corrected chi connectivity index (χ2v) is 4.16. The van der Waals surface area contributed by atoms with E-state index in [9.17, 15) is 4.79 Å². The van der Waals surface area contributed by atoms with Gasteiger partial charge in [-0.3, -0.25) is 0 Å². The number of hydrogen-bond acceptors (Lipinski definition) is 4. The molecule has 92 valence electrons. The third-order valence-corrected chi connectivity index (χ3v) is 2.81. The van der Waals surface area contributed by atoms with Crippen molar-refractivity contribution in [3.63, 3.8) is 0 Å². The number of cyclic esters (lactones) is 1. The van der Waals surface area contributed by atoms with E-state index < -0.39 is 6.10 Å². The smallest absolute Gasteiger partial charge is 0.347 e. The summed E-state index contributed by atoms with van der Waals surface area (Å²) in [7, 11) is 1.88. The van der Waals surface area contributed by atoms with E-state index in [1.807, 2.05) is 32.2 Å². The lowest BCUT2D eigenvalue weighted by Crippen LogP contribution is -2.23. The van der Waals surface area contributed by atoms with Crippen LogP contribution >= 0.6 is 0 Å². The van der Waals surface area contributed by atoms with Crippen molar-refractivity contribution in [2.75, 3.05) is 13.7 Å². The van der Waals surface area contributed by atoms with Gasteiger partial charge in [0.25, 0.3) is 0 Å². The van der Waals surface area contributed by atoms with Crippen LogP contribution in [0.5, 0.6) is 5.75 Å². The van der Waals surface area contributed by atoms with E-state index in [4.69, 9.17) is 9.47 Å². The highest BCUT2D eigenvalue weighted by Gasteiger charge is 2.29. The van der Waals surface area contributed by atoms with Gasteiger partial charge in [0.2, 0.25) is 0 Å². The molecule has 1 heterocycles. The maximum Gasteiger partial charge on any atom is 0.347 e. The molecule has 1 fully saturated rings. The molecule has 1 N–H and O–H groups in total. The Bertz CT molecular complexity index is 417. The molecule has 1 aromatic carbocycles. The van der Waals surface area contributed by atoms with E-state index in [1.165, 1.54) is 0 Å². The number of aryl methyl sites for hydroxylation is 1. The SMILES string of the molecule is CNCc1cccc(C)c1OC1CCOC1=O. The minimum Gasteiger partial charge on any atom is -0.478 e. The van der Waals surface area contributed by atoms with E-state index in [2.05, 4.69) is 5.32 Å².